The van der Waals surface area contributed by atoms with Crippen LogP contribution in [-0.4, -0.2) is 28.0 Å². The van der Waals surface area contributed by atoms with E-state index < -0.39 is 15.9 Å². The number of methoxy groups -OCH3 is 1. The molecule has 0 unspecified atom stereocenters. The standard InChI is InChI=1S/C25H18N2O5S/c1-31-22-12-17-16-8-2-3-10-20(16)32-21(17)13-18(22)26-24(28)14-27-19-9-4-6-15-7-5-11-23(25(15)19)33(27,29)30/h2-13H,14H2,1H3,(H,26,28). The third-order valence-electron chi connectivity index (χ3n) is 5.94. The predicted molar refractivity (Wildman–Crippen MR) is 127 cm³/mol. The van der Waals surface area contributed by atoms with Crippen LogP contribution in [0.25, 0.3) is 32.7 Å². The minimum atomic E-state index is -3.83. The number of benzene rings is 4. The second-order valence-electron chi connectivity index (χ2n) is 7.84. The molecular weight excluding hydrogens is 440 g/mol. The smallest absolute Gasteiger partial charge is 0.265 e. The first-order valence-electron chi connectivity index (χ1n) is 10.3. The Morgan fingerprint density at radius 1 is 0.970 bits per heavy atom. The topological polar surface area (TPSA) is 88.9 Å². The van der Waals surface area contributed by atoms with Crippen molar-refractivity contribution in [2.24, 2.45) is 0 Å². The number of ether oxygens (including phenoxy) is 1. The molecule has 1 aliphatic rings. The number of nitrogens with zero attached hydrogens (tertiary/aromatic N) is 1. The molecule has 0 aliphatic carbocycles. The Labute approximate surface area is 189 Å². The number of furan rings is 1. The van der Waals surface area contributed by atoms with Crippen molar-refractivity contribution in [3.8, 4) is 5.75 Å². The van der Waals surface area contributed by atoms with Crippen LogP contribution in [0.3, 0.4) is 0 Å². The maximum atomic E-state index is 13.2. The molecular formula is C25H18N2O5S. The van der Waals surface area contributed by atoms with Gasteiger partial charge in [0.1, 0.15) is 23.5 Å². The van der Waals surface area contributed by atoms with Gasteiger partial charge in [-0.15, -0.1) is 0 Å². The van der Waals surface area contributed by atoms with Crippen LogP contribution in [0.5, 0.6) is 5.75 Å². The molecule has 1 aromatic heterocycles. The van der Waals surface area contributed by atoms with Crippen molar-refractivity contribution in [1.82, 2.24) is 0 Å². The van der Waals surface area contributed by atoms with Gasteiger partial charge >= 0.3 is 0 Å². The summed E-state index contributed by atoms with van der Waals surface area (Å²) in [5.74, 6) is -0.0331. The quantitative estimate of drug-likeness (QED) is 0.414. The first kappa shape index (κ1) is 19.6. The SMILES string of the molecule is COc1cc2c(cc1NC(=O)CN1c3cccc4cccc(c34)S1(=O)=O)oc1ccccc12. The number of carbonyl (C=O) groups excluding carboxylic acids is 1. The van der Waals surface area contributed by atoms with E-state index in [0.717, 1.165) is 26.0 Å². The molecule has 8 heteroatoms. The van der Waals surface area contributed by atoms with Gasteiger partial charge in [0.15, 0.2) is 0 Å². The maximum Gasteiger partial charge on any atom is 0.265 e. The van der Waals surface area contributed by atoms with Crippen molar-refractivity contribution >= 4 is 60.0 Å². The van der Waals surface area contributed by atoms with Crippen LogP contribution < -0.4 is 14.4 Å². The van der Waals surface area contributed by atoms with E-state index in [2.05, 4.69) is 5.32 Å². The molecule has 0 bridgehead atoms. The van der Waals surface area contributed by atoms with Gasteiger partial charge in [0.2, 0.25) is 5.91 Å². The summed E-state index contributed by atoms with van der Waals surface area (Å²) >= 11 is 0. The molecule has 0 atom stereocenters. The molecule has 33 heavy (non-hydrogen) atoms. The van der Waals surface area contributed by atoms with Crippen molar-refractivity contribution in [3.63, 3.8) is 0 Å². The number of amides is 1. The highest BCUT2D eigenvalue weighted by molar-refractivity contribution is 7.93. The van der Waals surface area contributed by atoms with Crippen LogP contribution in [0.4, 0.5) is 11.4 Å². The Balaban J connectivity index is 1.35. The lowest BCUT2D eigenvalue weighted by Gasteiger charge is -2.19. The molecule has 0 saturated carbocycles. The maximum absolute atomic E-state index is 13.2. The van der Waals surface area contributed by atoms with Crippen LogP contribution in [0.1, 0.15) is 0 Å². The Morgan fingerprint density at radius 2 is 1.76 bits per heavy atom. The lowest BCUT2D eigenvalue weighted by Crippen LogP contribution is -2.35. The Kier molecular flexibility index (Phi) is 4.15. The largest absolute Gasteiger partial charge is 0.495 e. The van der Waals surface area contributed by atoms with Crippen molar-refractivity contribution in [1.29, 1.82) is 0 Å². The fourth-order valence-electron chi connectivity index (χ4n) is 4.47. The van der Waals surface area contributed by atoms with Crippen molar-refractivity contribution in [2.75, 3.05) is 23.3 Å². The summed E-state index contributed by atoms with van der Waals surface area (Å²) in [7, 11) is -2.32. The monoisotopic (exact) mass is 458 g/mol. The fraction of sp³-hybridized carbons (Fsp3) is 0.0800. The molecule has 4 aromatic carbocycles. The molecule has 0 radical (unpaired) electrons. The van der Waals surface area contributed by atoms with Crippen LogP contribution in [0, 0.1) is 0 Å². The molecule has 1 amide bonds. The summed E-state index contributed by atoms with van der Waals surface area (Å²) < 4.78 is 38.9. The second-order valence-corrected chi connectivity index (χ2v) is 9.67. The minimum Gasteiger partial charge on any atom is -0.495 e. The number of anilines is 2. The summed E-state index contributed by atoms with van der Waals surface area (Å²) in [5, 5.41) is 6.05. The third-order valence-corrected chi connectivity index (χ3v) is 7.74. The summed E-state index contributed by atoms with van der Waals surface area (Å²) in [6.07, 6.45) is 0. The van der Waals surface area contributed by atoms with E-state index >= 15 is 0 Å². The van der Waals surface area contributed by atoms with Crippen molar-refractivity contribution in [2.45, 2.75) is 4.90 Å². The normalized spacial score (nSPS) is 14.3. The zero-order chi connectivity index (χ0) is 22.7. The highest BCUT2D eigenvalue weighted by Gasteiger charge is 2.36. The number of nitrogens with one attached hydrogen (secondary N) is 1. The zero-order valence-electron chi connectivity index (χ0n) is 17.5. The fourth-order valence-corrected chi connectivity index (χ4v) is 6.13. The van der Waals surface area contributed by atoms with Crippen molar-refractivity contribution in [3.05, 3.63) is 72.8 Å². The molecule has 1 aliphatic heterocycles. The first-order valence-corrected chi connectivity index (χ1v) is 11.7. The number of sulfonamides is 1. The molecule has 5 aromatic rings. The number of hydrogen-bond donors (Lipinski definition) is 1. The van der Waals surface area contributed by atoms with Gasteiger partial charge in [-0.05, 0) is 29.7 Å². The Morgan fingerprint density at radius 3 is 2.58 bits per heavy atom. The van der Waals surface area contributed by atoms with Crippen LogP contribution >= 0.6 is 0 Å². The van der Waals surface area contributed by atoms with Gasteiger partial charge in [0, 0.05) is 22.2 Å². The van der Waals surface area contributed by atoms with E-state index in [0.29, 0.717) is 28.1 Å². The van der Waals surface area contributed by atoms with Gasteiger partial charge in [0.25, 0.3) is 10.0 Å². The molecule has 6 rings (SSSR count). The van der Waals surface area contributed by atoms with Crippen LogP contribution in [-0.2, 0) is 14.8 Å². The summed E-state index contributed by atoms with van der Waals surface area (Å²) in [4.78, 5) is 13.2. The average molecular weight is 458 g/mol. The van der Waals surface area contributed by atoms with Gasteiger partial charge < -0.3 is 14.5 Å². The molecule has 1 N–H and O–H groups in total. The summed E-state index contributed by atoms with van der Waals surface area (Å²) in [5.41, 5.74) is 2.23. The molecule has 0 saturated heterocycles. The van der Waals surface area contributed by atoms with E-state index in [1.165, 1.54) is 7.11 Å². The second kappa shape index (κ2) is 6.98. The molecule has 164 valence electrons. The van der Waals surface area contributed by atoms with Gasteiger partial charge in [-0.3, -0.25) is 9.10 Å². The first-order chi connectivity index (χ1) is 16.0. The zero-order valence-corrected chi connectivity index (χ0v) is 18.3. The molecule has 7 nitrogen and oxygen atoms in total. The highest BCUT2D eigenvalue weighted by atomic mass is 32.2. The summed E-state index contributed by atoms with van der Waals surface area (Å²) in [6, 6.07) is 21.6. The predicted octanol–water partition coefficient (Wildman–Crippen LogP) is 4.90. The van der Waals surface area contributed by atoms with E-state index in [4.69, 9.17) is 9.15 Å². The third kappa shape index (κ3) is 2.87. The molecule has 2 heterocycles. The Bertz CT molecular complexity index is 1700. The lowest BCUT2D eigenvalue weighted by molar-refractivity contribution is -0.114. The number of para-hydroxylation sites is 1. The average Bonchev–Trinajstić information content (AvgIpc) is 3.28. The number of fused-ring (bicyclic) bond motifs is 3. The number of rotatable bonds is 4. The van der Waals surface area contributed by atoms with Crippen LogP contribution in [0.2, 0.25) is 0 Å². The molecule has 0 spiro atoms. The van der Waals surface area contributed by atoms with Gasteiger partial charge in [0.05, 0.1) is 23.4 Å². The van der Waals surface area contributed by atoms with E-state index in [1.807, 2.05) is 36.4 Å². The van der Waals surface area contributed by atoms with Crippen molar-refractivity contribution < 1.29 is 22.4 Å². The summed E-state index contributed by atoms with van der Waals surface area (Å²) in [6.45, 7) is -0.364. The molecule has 0 fully saturated rings. The van der Waals surface area contributed by atoms with Crippen LogP contribution in [0.15, 0.2) is 82.1 Å². The Hall–Kier alpha value is -4.04. The van der Waals surface area contributed by atoms with E-state index in [-0.39, 0.29) is 11.4 Å². The van der Waals surface area contributed by atoms with Gasteiger partial charge in [-0.1, -0.05) is 42.5 Å². The minimum absolute atomic E-state index is 0.213. The highest BCUT2D eigenvalue weighted by Crippen LogP contribution is 2.42. The lowest BCUT2D eigenvalue weighted by atomic mass is 10.1. The number of hydrogen-bond acceptors (Lipinski definition) is 5. The number of carbonyl (C=O) groups is 1. The van der Waals surface area contributed by atoms with Gasteiger partial charge in [-0.25, -0.2) is 8.42 Å². The van der Waals surface area contributed by atoms with Gasteiger partial charge in [-0.2, -0.15) is 0 Å². The van der Waals surface area contributed by atoms with E-state index in [9.17, 15) is 13.2 Å². The van der Waals surface area contributed by atoms with E-state index in [1.54, 1.807) is 36.4 Å².